The number of phenolic OH excluding ortho intramolecular Hbond substituents is 1. The number of benzene rings is 1. The first kappa shape index (κ1) is 13.2. The third-order valence-corrected chi connectivity index (χ3v) is 2.77. The van der Waals surface area contributed by atoms with Crippen LogP contribution in [0, 0.1) is 0 Å². The van der Waals surface area contributed by atoms with Gasteiger partial charge in [0.15, 0.2) is 11.5 Å². The third-order valence-electron chi connectivity index (χ3n) is 2.16. The van der Waals surface area contributed by atoms with Crippen LogP contribution < -0.4 is 4.74 Å². The van der Waals surface area contributed by atoms with E-state index in [0.717, 1.165) is 0 Å². The molecule has 0 saturated heterocycles. The number of aliphatic hydroxyl groups excluding tert-OH is 3. The molecule has 0 saturated carbocycles. The maximum absolute atomic E-state index is 9.66. The molecule has 4 N–H and O–H groups in total. The molecular formula is C10H13BrO5. The molecule has 0 fully saturated rings. The lowest BCUT2D eigenvalue weighted by Crippen LogP contribution is -2.22. The molecule has 0 aliphatic rings. The van der Waals surface area contributed by atoms with Crippen LogP contribution in [0.4, 0.5) is 0 Å². The average Bonchev–Trinajstić information content (AvgIpc) is 2.30. The van der Waals surface area contributed by atoms with Gasteiger partial charge in [-0.25, -0.2) is 0 Å². The van der Waals surface area contributed by atoms with Crippen LogP contribution in [0.5, 0.6) is 11.5 Å². The molecule has 0 spiro atoms. The summed E-state index contributed by atoms with van der Waals surface area (Å²) in [4.78, 5) is 0. The molecule has 1 aromatic carbocycles. The molecular weight excluding hydrogens is 280 g/mol. The Labute approximate surface area is 101 Å². The Morgan fingerprint density at radius 2 is 2.00 bits per heavy atom. The quantitative estimate of drug-likeness (QED) is 0.651. The van der Waals surface area contributed by atoms with Gasteiger partial charge >= 0.3 is 0 Å². The smallest absolute Gasteiger partial charge is 0.172 e. The van der Waals surface area contributed by atoms with Crippen molar-refractivity contribution in [3.05, 3.63) is 22.2 Å². The lowest BCUT2D eigenvalue weighted by atomic mass is 10.0. The lowest BCUT2D eigenvalue weighted by molar-refractivity contribution is -0.0153. The second-order valence-electron chi connectivity index (χ2n) is 3.25. The second-order valence-corrected chi connectivity index (χ2v) is 4.10. The van der Waals surface area contributed by atoms with E-state index >= 15 is 0 Å². The van der Waals surface area contributed by atoms with Crippen LogP contribution in [0.2, 0.25) is 0 Å². The molecule has 0 amide bonds. The first-order chi connectivity index (χ1) is 7.51. The first-order valence-corrected chi connectivity index (χ1v) is 5.34. The van der Waals surface area contributed by atoms with Crippen LogP contribution >= 0.6 is 15.9 Å². The van der Waals surface area contributed by atoms with E-state index in [4.69, 9.17) is 9.84 Å². The fourth-order valence-corrected chi connectivity index (χ4v) is 1.70. The van der Waals surface area contributed by atoms with Gasteiger partial charge in [0.2, 0.25) is 0 Å². The summed E-state index contributed by atoms with van der Waals surface area (Å²) in [6.45, 7) is -0.554. The Morgan fingerprint density at radius 1 is 1.38 bits per heavy atom. The van der Waals surface area contributed by atoms with Gasteiger partial charge in [0.05, 0.1) is 18.2 Å². The summed E-state index contributed by atoms with van der Waals surface area (Å²) in [6, 6.07) is 2.84. The van der Waals surface area contributed by atoms with Crippen molar-refractivity contribution in [2.24, 2.45) is 0 Å². The van der Waals surface area contributed by atoms with Crippen molar-refractivity contribution in [1.29, 1.82) is 0 Å². The van der Waals surface area contributed by atoms with E-state index in [-0.39, 0.29) is 11.5 Å². The van der Waals surface area contributed by atoms with Gasteiger partial charge in [-0.15, -0.1) is 0 Å². The first-order valence-electron chi connectivity index (χ1n) is 4.54. The number of aromatic hydroxyl groups is 1. The normalized spacial score (nSPS) is 14.6. The number of ether oxygens (including phenoxy) is 1. The molecule has 1 rings (SSSR count). The van der Waals surface area contributed by atoms with E-state index in [0.29, 0.717) is 10.0 Å². The number of methoxy groups -OCH3 is 1. The van der Waals surface area contributed by atoms with Crippen molar-refractivity contribution in [3.63, 3.8) is 0 Å². The van der Waals surface area contributed by atoms with E-state index in [9.17, 15) is 15.3 Å². The summed E-state index contributed by atoms with van der Waals surface area (Å²) < 4.78 is 5.23. The summed E-state index contributed by atoms with van der Waals surface area (Å²) in [5.74, 6) is 0.0884. The summed E-state index contributed by atoms with van der Waals surface area (Å²) in [6.07, 6.45) is -2.52. The number of hydrogen-bond donors (Lipinski definition) is 4. The van der Waals surface area contributed by atoms with Crippen molar-refractivity contribution in [2.75, 3.05) is 13.7 Å². The Hall–Kier alpha value is -0.820. The molecule has 0 heterocycles. The Bertz CT molecular complexity index is 368. The predicted molar refractivity (Wildman–Crippen MR) is 60.4 cm³/mol. The predicted octanol–water partition coefficient (Wildman–Crippen LogP) is 0.550. The standard InChI is InChI=1S/C10H13BrO5/c1-16-8-3-5(2-6(11)10(8)15)9(14)7(13)4-12/h2-3,7,9,12-15H,4H2,1H3. The number of halogens is 1. The topological polar surface area (TPSA) is 90.2 Å². The summed E-state index contributed by atoms with van der Waals surface area (Å²) >= 11 is 3.09. The lowest BCUT2D eigenvalue weighted by Gasteiger charge is -2.17. The largest absolute Gasteiger partial charge is 0.503 e. The highest BCUT2D eigenvalue weighted by Gasteiger charge is 2.20. The molecule has 0 aliphatic heterocycles. The van der Waals surface area contributed by atoms with Gasteiger partial charge in [0, 0.05) is 0 Å². The van der Waals surface area contributed by atoms with Crippen LogP contribution in [-0.2, 0) is 0 Å². The fraction of sp³-hybridized carbons (Fsp3) is 0.400. The minimum atomic E-state index is -1.28. The molecule has 0 aromatic heterocycles. The SMILES string of the molecule is COc1cc(C(O)C(O)CO)cc(Br)c1O. The number of rotatable bonds is 4. The third kappa shape index (κ3) is 2.65. The van der Waals surface area contributed by atoms with Gasteiger partial charge in [-0.05, 0) is 33.6 Å². The minimum Gasteiger partial charge on any atom is -0.503 e. The maximum Gasteiger partial charge on any atom is 0.172 e. The van der Waals surface area contributed by atoms with Crippen LogP contribution in [0.3, 0.4) is 0 Å². The molecule has 0 aliphatic carbocycles. The molecule has 16 heavy (non-hydrogen) atoms. The molecule has 90 valence electrons. The highest BCUT2D eigenvalue weighted by Crippen LogP contribution is 2.37. The average molecular weight is 293 g/mol. The minimum absolute atomic E-state index is 0.0862. The zero-order valence-corrected chi connectivity index (χ0v) is 10.2. The molecule has 2 atom stereocenters. The Morgan fingerprint density at radius 3 is 2.50 bits per heavy atom. The van der Waals surface area contributed by atoms with Crippen molar-refractivity contribution in [3.8, 4) is 11.5 Å². The summed E-state index contributed by atoms with van der Waals surface area (Å²) in [5.41, 5.74) is 0.336. The summed E-state index contributed by atoms with van der Waals surface area (Å²) in [7, 11) is 1.38. The van der Waals surface area contributed by atoms with Gasteiger partial charge in [-0.1, -0.05) is 0 Å². The number of phenols is 1. The van der Waals surface area contributed by atoms with Crippen LogP contribution in [0.15, 0.2) is 16.6 Å². The van der Waals surface area contributed by atoms with Crippen LogP contribution in [-0.4, -0.2) is 40.2 Å². The van der Waals surface area contributed by atoms with E-state index in [2.05, 4.69) is 15.9 Å². The Kier molecular flexibility index (Phi) is 4.55. The zero-order valence-electron chi connectivity index (χ0n) is 8.59. The molecule has 6 heteroatoms. The Balaban J connectivity index is 3.10. The second kappa shape index (κ2) is 5.49. The van der Waals surface area contributed by atoms with E-state index < -0.39 is 18.8 Å². The van der Waals surface area contributed by atoms with E-state index in [1.165, 1.54) is 19.2 Å². The highest BCUT2D eigenvalue weighted by molar-refractivity contribution is 9.10. The van der Waals surface area contributed by atoms with E-state index in [1.54, 1.807) is 0 Å². The van der Waals surface area contributed by atoms with Crippen molar-refractivity contribution >= 4 is 15.9 Å². The zero-order chi connectivity index (χ0) is 12.3. The maximum atomic E-state index is 9.66. The van der Waals surface area contributed by atoms with Gasteiger partial charge in [-0.2, -0.15) is 0 Å². The molecule has 2 unspecified atom stereocenters. The van der Waals surface area contributed by atoms with Gasteiger partial charge < -0.3 is 25.2 Å². The summed E-state index contributed by atoms with van der Waals surface area (Å²) in [5, 5.41) is 37.2. The van der Waals surface area contributed by atoms with Crippen LogP contribution in [0.25, 0.3) is 0 Å². The van der Waals surface area contributed by atoms with Gasteiger partial charge in [0.1, 0.15) is 12.2 Å². The molecule has 1 aromatic rings. The molecule has 0 bridgehead atoms. The number of aliphatic hydroxyl groups is 3. The van der Waals surface area contributed by atoms with Crippen LogP contribution in [0.1, 0.15) is 11.7 Å². The van der Waals surface area contributed by atoms with Gasteiger partial charge in [-0.3, -0.25) is 0 Å². The number of hydrogen-bond acceptors (Lipinski definition) is 5. The molecule has 5 nitrogen and oxygen atoms in total. The van der Waals surface area contributed by atoms with Crippen molar-refractivity contribution in [1.82, 2.24) is 0 Å². The highest BCUT2D eigenvalue weighted by atomic mass is 79.9. The fourth-order valence-electron chi connectivity index (χ4n) is 1.24. The van der Waals surface area contributed by atoms with Gasteiger partial charge in [0.25, 0.3) is 0 Å². The van der Waals surface area contributed by atoms with E-state index in [1.807, 2.05) is 0 Å². The molecule has 0 radical (unpaired) electrons. The monoisotopic (exact) mass is 292 g/mol. The van der Waals surface area contributed by atoms with Crippen molar-refractivity contribution < 1.29 is 25.2 Å². The van der Waals surface area contributed by atoms with Crippen molar-refractivity contribution in [2.45, 2.75) is 12.2 Å².